The molecule has 0 radical (unpaired) electrons. The number of aromatic hydroxyl groups is 4. The number of hydrogen-bond donors (Lipinski definition) is 24. The third kappa shape index (κ3) is 20.6. The predicted octanol–water partition coefficient (Wildman–Crippen LogP) is 0.940. The number of allylic oxidation sites excluding steroid dienone is 2. The molecule has 23 atom stereocenters. The fourth-order valence-corrected chi connectivity index (χ4v) is 16.7. The molecule has 0 saturated carbocycles. The van der Waals surface area contributed by atoms with E-state index in [1.165, 1.54) is 30.3 Å². The van der Waals surface area contributed by atoms with Crippen LogP contribution in [0.4, 0.5) is 0 Å². The molecular formula is C88H95Cl2N9O33. The Balaban J connectivity index is 1.04. The molecule has 7 aromatic rings. The number of phenolic OH excluding ortho intramolecular Hbond substituents is 4. The lowest BCUT2D eigenvalue weighted by Crippen LogP contribution is -2.65. The summed E-state index contributed by atoms with van der Waals surface area (Å²) < 4.78 is 57.4. The number of unbranched alkanes of at least 4 members (excludes halogenated alkanes) is 3. The van der Waals surface area contributed by atoms with Gasteiger partial charge in [-0.25, -0.2) is 4.79 Å². The van der Waals surface area contributed by atoms with Gasteiger partial charge in [0.2, 0.25) is 65.6 Å². The maximum atomic E-state index is 17.0. The normalized spacial score (nSPS) is 28.9. The van der Waals surface area contributed by atoms with Crippen molar-refractivity contribution >= 4 is 76.4 Å². The molecule has 9 heterocycles. The highest BCUT2D eigenvalue weighted by Crippen LogP contribution is 2.51. The van der Waals surface area contributed by atoms with Crippen molar-refractivity contribution in [2.24, 2.45) is 5.73 Å². The molecule has 3 saturated heterocycles. The Kier molecular flexibility index (Phi) is 29.6. The molecule has 9 aliphatic rings. The van der Waals surface area contributed by atoms with E-state index in [9.17, 15) is 95.8 Å². The van der Waals surface area contributed by atoms with Gasteiger partial charge in [-0.2, -0.15) is 0 Å². The number of ether oxygens (including phenoxy) is 9. The number of carbonyl (C=O) groups excluding carboxylic acids is 8. The molecule has 25 N–H and O–H groups in total. The number of benzene rings is 7. The zero-order valence-corrected chi connectivity index (χ0v) is 71.4. The number of carboxylic acids is 1. The maximum absolute atomic E-state index is 17.0. The molecule has 0 aliphatic carbocycles. The van der Waals surface area contributed by atoms with Crippen LogP contribution in [0.2, 0.25) is 10.0 Å². The van der Waals surface area contributed by atoms with Crippen molar-refractivity contribution in [3.05, 3.63) is 176 Å². The summed E-state index contributed by atoms with van der Waals surface area (Å²) in [7, 11) is 0. The van der Waals surface area contributed by atoms with Crippen LogP contribution in [0.15, 0.2) is 127 Å². The number of amides is 8. The third-order valence-corrected chi connectivity index (χ3v) is 23.7. The van der Waals surface area contributed by atoms with E-state index in [2.05, 4.69) is 42.5 Å². The number of carboxylic acid groups (broad SMARTS) is 1. The summed E-state index contributed by atoms with van der Waals surface area (Å²) in [5.41, 5.74) is 2.76. The summed E-state index contributed by atoms with van der Waals surface area (Å²) in [5.74, 6) is -19.7. The van der Waals surface area contributed by atoms with Crippen LogP contribution >= 0.6 is 23.2 Å². The number of fused-ring (bicyclic) bond motifs is 14. The molecule has 44 heteroatoms. The van der Waals surface area contributed by atoms with E-state index in [1.807, 2.05) is 13.0 Å². The maximum Gasteiger partial charge on any atom is 0.330 e. The average molecular weight is 1880 g/mol. The lowest BCUT2D eigenvalue weighted by molar-refractivity contribution is -0.284. The molecule has 132 heavy (non-hydrogen) atoms. The van der Waals surface area contributed by atoms with Crippen molar-refractivity contribution < 1.29 is 162 Å². The first-order valence-corrected chi connectivity index (χ1v) is 42.5. The van der Waals surface area contributed by atoms with Crippen LogP contribution in [-0.4, -0.2) is 254 Å². The van der Waals surface area contributed by atoms with Gasteiger partial charge in [0.15, 0.2) is 35.3 Å². The van der Waals surface area contributed by atoms with Crippen molar-refractivity contribution in [2.45, 2.75) is 199 Å². The lowest BCUT2D eigenvalue weighted by atomic mass is 9.89. The Bertz CT molecular complexity index is 5600. The Morgan fingerprint density at radius 3 is 1.70 bits per heavy atom. The second-order valence-corrected chi connectivity index (χ2v) is 33.2. The molecule has 7 aromatic carbocycles. The number of nitrogens with two attached hydrogens (primary N) is 1. The van der Waals surface area contributed by atoms with Gasteiger partial charge in [0.25, 0.3) is 0 Å². The summed E-state index contributed by atoms with van der Waals surface area (Å²) in [4.78, 5) is 138. The van der Waals surface area contributed by atoms with E-state index < -0.39 is 316 Å². The summed E-state index contributed by atoms with van der Waals surface area (Å²) in [6.45, 7) is -0.149. The van der Waals surface area contributed by atoms with Crippen LogP contribution in [-0.2, 0) is 68.5 Å². The fraction of sp³-hybridized carbons (Fsp3) is 0.398. The van der Waals surface area contributed by atoms with Crippen molar-refractivity contribution in [2.75, 3.05) is 19.8 Å². The topological polar surface area (TPSA) is 662 Å². The minimum absolute atomic E-state index is 0.0251. The predicted molar refractivity (Wildman–Crippen MR) is 453 cm³/mol. The first-order chi connectivity index (χ1) is 63.0. The van der Waals surface area contributed by atoms with E-state index in [0.717, 1.165) is 111 Å². The number of halogens is 2. The zero-order chi connectivity index (χ0) is 94.7. The van der Waals surface area contributed by atoms with Gasteiger partial charge in [0.1, 0.15) is 156 Å². The highest BCUT2D eigenvalue weighted by atomic mass is 35.5. The number of nitrogens with one attached hydrogen (secondary N) is 8. The van der Waals surface area contributed by atoms with E-state index in [1.54, 1.807) is 6.08 Å². The van der Waals surface area contributed by atoms with Gasteiger partial charge in [-0.1, -0.05) is 79.4 Å². The minimum Gasteiger partial charge on any atom is -0.508 e. The van der Waals surface area contributed by atoms with Crippen molar-refractivity contribution in [1.82, 2.24) is 42.5 Å². The molecule has 0 spiro atoms. The molecule has 9 aliphatic heterocycles. The fourth-order valence-electron chi connectivity index (χ4n) is 16.2. The lowest BCUT2D eigenvalue weighted by Gasteiger charge is -2.44. The van der Waals surface area contributed by atoms with Crippen LogP contribution in [0, 0.1) is 0 Å². The smallest absolute Gasteiger partial charge is 0.330 e. The number of carbonyl (C=O) groups is 9. The minimum atomic E-state index is -2.59. The molecule has 8 amide bonds. The molecule has 0 aromatic heterocycles. The quantitative estimate of drug-likeness (QED) is 0.0396. The second kappa shape index (κ2) is 40.8. The number of hydrogen-bond acceptors (Lipinski definition) is 33. The molecule has 704 valence electrons. The number of aliphatic carboxylic acids is 1. The second-order valence-electron chi connectivity index (χ2n) is 32.3. The Morgan fingerprint density at radius 1 is 0.508 bits per heavy atom. The summed E-state index contributed by atoms with van der Waals surface area (Å²) >= 11 is 14.7. The summed E-state index contributed by atoms with van der Waals surface area (Å²) in [6, 6.07) is 0.558. The molecule has 1 unspecified atom stereocenters. The third-order valence-electron chi connectivity index (χ3n) is 23.1. The molecule has 17 bridgehead atoms. The van der Waals surface area contributed by atoms with Gasteiger partial charge in [-0.3, -0.25) is 38.4 Å². The van der Waals surface area contributed by atoms with E-state index in [4.69, 9.17) is 71.6 Å². The Morgan fingerprint density at radius 2 is 1.07 bits per heavy atom. The van der Waals surface area contributed by atoms with Gasteiger partial charge in [0.05, 0.1) is 29.9 Å². The van der Waals surface area contributed by atoms with E-state index >= 15 is 24.0 Å². The Labute approximate surface area is 759 Å². The molecule has 16 rings (SSSR count). The first-order valence-electron chi connectivity index (χ1n) is 41.7. The number of phenols is 4. The molecule has 42 nitrogen and oxygen atoms in total. The number of aliphatic hydroxyl groups excluding tert-OH is 10. The highest BCUT2D eigenvalue weighted by molar-refractivity contribution is 6.32. The van der Waals surface area contributed by atoms with Gasteiger partial charge in [-0.05, 0) is 132 Å². The van der Waals surface area contributed by atoms with E-state index in [-0.39, 0.29) is 46.2 Å². The molecular weight excluding hydrogens is 1780 g/mol. The molecule has 3 fully saturated rings. The SMILES string of the molecule is CCCCC/C=C\CCC(=O)N[C@@H]1[C@@H](Oc2c3cc4cc2Oc2ccc(cc2Cl)[C@H](O[C@H]2O[C@@H](CO)[C@H](O)[C@@H](O)C2NC(C)=O)[C@H]2NC(=O)[C@@H](NC(=O)[C@H]4NC(=O)[C@@H]4NC(=O)[C@H](Cc5ccc(c(Cl)c5)O3)NC(=O)[C@@H](N)c3ccc(O)c(c3)Oc3cc(O)cc4c3)c3ccc(O)c(c3)-c3c(O[C@@H]4O[C@@H](CO)[C@H](O)[C@@H](O)[C@H]4O)cc(O)cc3[C@H](C(=O)O)NC2=O)O[C@@H](CO)[C@H](O)[C@H]1O. The van der Waals surface area contributed by atoms with Gasteiger partial charge in [-0.15, -0.1) is 0 Å². The van der Waals surface area contributed by atoms with Crippen molar-refractivity contribution in [3.8, 4) is 80.1 Å². The van der Waals surface area contributed by atoms with Gasteiger partial charge >= 0.3 is 5.97 Å². The summed E-state index contributed by atoms with van der Waals surface area (Å²) in [6.07, 6.45) is -22.2. The first kappa shape index (κ1) is 95.8. The number of rotatable bonds is 19. The highest BCUT2D eigenvalue weighted by Gasteiger charge is 2.52. The van der Waals surface area contributed by atoms with Crippen molar-refractivity contribution in [1.29, 1.82) is 0 Å². The average Bonchev–Trinajstić information content (AvgIpc) is 0.757. The van der Waals surface area contributed by atoms with Crippen LogP contribution in [0.3, 0.4) is 0 Å². The Hall–Kier alpha value is -12.3. The summed E-state index contributed by atoms with van der Waals surface area (Å²) in [5, 5.41) is 190. The van der Waals surface area contributed by atoms with Crippen molar-refractivity contribution in [3.63, 3.8) is 0 Å². The van der Waals surface area contributed by atoms with Gasteiger partial charge < -0.3 is 167 Å². The van der Waals surface area contributed by atoms with Crippen LogP contribution in [0.25, 0.3) is 11.1 Å². The number of aliphatic hydroxyl groups is 10. The van der Waals surface area contributed by atoms with Crippen LogP contribution < -0.4 is 72.0 Å². The van der Waals surface area contributed by atoms with Crippen LogP contribution in [0.5, 0.6) is 69.0 Å². The van der Waals surface area contributed by atoms with Crippen LogP contribution in [0.1, 0.15) is 128 Å². The zero-order valence-electron chi connectivity index (χ0n) is 69.9. The monoisotopic (exact) mass is 1880 g/mol. The largest absolute Gasteiger partial charge is 0.508 e. The van der Waals surface area contributed by atoms with Gasteiger partial charge in [0, 0.05) is 48.6 Å². The van der Waals surface area contributed by atoms with E-state index in [0.29, 0.717) is 6.42 Å². The standard InChI is InChI=1S/C88H95Cl2N9O33/c1-3-4-5-6-7-8-9-10-60(108)94-68-74(113)71(110)58(32-101)129-87(68)132-78-55-26-40-27-56(78)126-52-18-14-38(24-47(52)90)77(131-86-67(92-34(2)103)73(112)70(109)57(31-100)128-86)69-84(121)98-66(85(122)123)45-29-42(105)30-54(127-88-76(115)75(114)72(111)59(33-102)130-88)61(45)44-23-37(13-15-49(44)106)63(81(118)99-69)96-83(120)65(40)97-82(119)64-39-21-41(104)28-43(22-39)124-53-25-36(12-16-50(53)107)62(91)80(117)93-48(79(116)95-64)20-35-11-17-51(125-55)46(89)19-35/h7-8,11-19,21-30,48,57-59,62-77,86-88,100-102,104-107,109-115H,3-6,9-10,20,31-33,91H2,1-2H3,(H,92,103)(H,93,117)(H,94,108)(H,95,116)(H,96,120)(H,97,119)(H,98,121)(H,99,118)(H,122,123)/b8-7-/t48-,57-,58-,59-,62-,63-,64+,65-,66+,67?,68-,69+,70-,71-,72-,73-,74-,75+,76+,77-,86+,87+,88+/m0/s1.